The summed E-state index contributed by atoms with van der Waals surface area (Å²) in [7, 11) is 0. The standard InChI is InChI=1S/C20H23N3O/c1-16-10-13-23(14-11-16)19-7-5-18(6-8-19)22-20(24)9-4-17-3-2-12-21-15-17/h2-9,12,15-16H,10-11,13-14H2,1H3,(H,22,24)/b9-4+. The van der Waals surface area contributed by atoms with Crippen molar-refractivity contribution < 1.29 is 4.79 Å². The average molecular weight is 321 g/mol. The molecule has 1 aromatic heterocycles. The number of nitrogens with one attached hydrogen (secondary N) is 1. The van der Waals surface area contributed by atoms with Gasteiger partial charge < -0.3 is 10.2 Å². The molecule has 1 saturated heterocycles. The molecule has 1 aliphatic heterocycles. The third-order valence-electron chi connectivity index (χ3n) is 4.40. The molecule has 0 radical (unpaired) electrons. The van der Waals surface area contributed by atoms with Gasteiger partial charge in [0.2, 0.25) is 5.91 Å². The lowest BCUT2D eigenvalue weighted by atomic mass is 9.99. The molecule has 1 N–H and O–H groups in total. The Balaban J connectivity index is 1.56. The lowest BCUT2D eigenvalue weighted by molar-refractivity contribution is -0.111. The van der Waals surface area contributed by atoms with Crippen LogP contribution < -0.4 is 10.2 Å². The topological polar surface area (TPSA) is 45.2 Å². The minimum Gasteiger partial charge on any atom is -0.372 e. The Morgan fingerprint density at radius 3 is 2.62 bits per heavy atom. The lowest BCUT2D eigenvalue weighted by Crippen LogP contribution is -2.32. The molecule has 124 valence electrons. The summed E-state index contributed by atoms with van der Waals surface area (Å²) in [5.74, 6) is 0.685. The monoisotopic (exact) mass is 321 g/mol. The van der Waals surface area contributed by atoms with Crippen molar-refractivity contribution in [3.63, 3.8) is 0 Å². The number of nitrogens with zero attached hydrogens (tertiary/aromatic N) is 2. The smallest absolute Gasteiger partial charge is 0.248 e. The van der Waals surface area contributed by atoms with Crippen molar-refractivity contribution in [1.82, 2.24) is 4.98 Å². The Morgan fingerprint density at radius 2 is 1.96 bits per heavy atom. The van der Waals surface area contributed by atoms with Gasteiger partial charge in [-0.3, -0.25) is 9.78 Å². The SMILES string of the molecule is CC1CCN(c2ccc(NC(=O)/C=C/c3cccnc3)cc2)CC1. The van der Waals surface area contributed by atoms with Crippen LogP contribution in [0.2, 0.25) is 0 Å². The van der Waals surface area contributed by atoms with Gasteiger partial charge in [0, 0.05) is 42.9 Å². The number of anilines is 2. The van der Waals surface area contributed by atoms with Crippen LogP contribution in [-0.2, 0) is 4.79 Å². The molecule has 2 heterocycles. The minimum atomic E-state index is -0.140. The minimum absolute atomic E-state index is 0.140. The van der Waals surface area contributed by atoms with E-state index in [4.69, 9.17) is 0 Å². The molecule has 0 bridgehead atoms. The van der Waals surface area contributed by atoms with Crippen molar-refractivity contribution in [2.45, 2.75) is 19.8 Å². The van der Waals surface area contributed by atoms with Crippen molar-refractivity contribution in [3.05, 3.63) is 60.4 Å². The van der Waals surface area contributed by atoms with Crippen LogP contribution in [0.3, 0.4) is 0 Å². The molecule has 0 spiro atoms. The van der Waals surface area contributed by atoms with E-state index in [-0.39, 0.29) is 5.91 Å². The van der Waals surface area contributed by atoms with Gasteiger partial charge in [-0.05, 0) is 60.7 Å². The molecule has 1 aliphatic rings. The average Bonchev–Trinajstić information content (AvgIpc) is 2.62. The van der Waals surface area contributed by atoms with E-state index >= 15 is 0 Å². The first-order valence-electron chi connectivity index (χ1n) is 8.45. The molecule has 4 heteroatoms. The Hall–Kier alpha value is -2.62. The maximum atomic E-state index is 12.0. The Kier molecular flexibility index (Phi) is 5.26. The second kappa shape index (κ2) is 7.77. The molecule has 0 unspecified atom stereocenters. The predicted octanol–water partition coefficient (Wildman–Crippen LogP) is 3.97. The summed E-state index contributed by atoms with van der Waals surface area (Å²) in [5, 5.41) is 2.88. The fourth-order valence-corrected chi connectivity index (χ4v) is 2.85. The van der Waals surface area contributed by atoms with Gasteiger partial charge in [0.15, 0.2) is 0 Å². The van der Waals surface area contributed by atoms with Crippen LogP contribution in [0, 0.1) is 5.92 Å². The molecule has 0 aliphatic carbocycles. The van der Waals surface area contributed by atoms with E-state index < -0.39 is 0 Å². The number of piperidine rings is 1. The zero-order chi connectivity index (χ0) is 16.8. The molecule has 4 nitrogen and oxygen atoms in total. The fourth-order valence-electron chi connectivity index (χ4n) is 2.85. The summed E-state index contributed by atoms with van der Waals surface area (Å²) >= 11 is 0. The Bertz CT molecular complexity index is 687. The number of carbonyl (C=O) groups excluding carboxylic acids is 1. The van der Waals surface area contributed by atoms with E-state index in [9.17, 15) is 4.79 Å². The van der Waals surface area contributed by atoms with E-state index in [0.29, 0.717) is 0 Å². The summed E-state index contributed by atoms with van der Waals surface area (Å²) < 4.78 is 0. The number of carbonyl (C=O) groups is 1. The number of benzene rings is 1. The summed E-state index contributed by atoms with van der Waals surface area (Å²) in [6.07, 6.45) is 9.21. The van der Waals surface area contributed by atoms with Crippen LogP contribution in [0.4, 0.5) is 11.4 Å². The molecule has 0 atom stereocenters. The summed E-state index contributed by atoms with van der Waals surface area (Å²) in [4.78, 5) is 18.4. The first kappa shape index (κ1) is 16.2. The van der Waals surface area contributed by atoms with Crippen LogP contribution >= 0.6 is 0 Å². The predicted molar refractivity (Wildman–Crippen MR) is 99.0 cm³/mol. The van der Waals surface area contributed by atoms with Gasteiger partial charge in [-0.15, -0.1) is 0 Å². The van der Waals surface area contributed by atoms with Gasteiger partial charge in [-0.25, -0.2) is 0 Å². The molecule has 2 aromatic rings. The van der Waals surface area contributed by atoms with Crippen molar-refractivity contribution in [3.8, 4) is 0 Å². The highest BCUT2D eigenvalue weighted by Crippen LogP contribution is 2.24. The zero-order valence-electron chi connectivity index (χ0n) is 14.0. The molecule has 3 rings (SSSR count). The lowest BCUT2D eigenvalue weighted by Gasteiger charge is -2.32. The molecule has 24 heavy (non-hydrogen) atoms. The molecule has 1 aromatic carbocycles. The fraction of sp³-hybridized carbons (Fsp3) is 0.300. The largest absolute Gasteiger partial charge is 0.372 e. The van der Waals surface area contributed by atoms with Gasteiger partial charge in [-0.2, -0.15) is 0 Å². The second-order valence-corrected chi connectivity index (χ2v) is 6.33. The van der Waals surface area contributed by atoms with Gasteiger partial charge in [0.25, 0.3) is 0 Å². The highest BCUT2D eigenvalue weighted by atomic mass is 16.1. The van der Waals surface area contributed by atoms with Crippen LogP contribution in [-0.4, -0.2) is 24.0 Å². The van der Waals surface area contributed by atoms with E-state index in [2.05, 4.69) is 34.3 Å². The van der Waals surface area contributed by atoms with Gasteiger partial charge in [0.05, 0.1) is 0 Å². The van der Waals surface area contributed by atoms with Crippen LogP contribution in [0.15, 0.2) is 54.9 Å². The van der Waals surface area contributed by atoms with E-state index in [1.165, 1.54) is 24.6 Å². The van der Waals surface area contributed by atoms with Crippen molar-refractivity contribution in [2.24, 2.45) is 5.92 Å². The zero-order valence-corrected chi connectivity index (χ0v) is 14.0. The number of amides is 1. The molecule has 1 amide bonds. The molecular weight excluding hydrogens is 298 g/mol. The third kappa shape index (κ3) is 4.44. The number of aromatic nitrogens is 1. The van der Waals surface area contributed by atoms with Gasteiger partial charge >= 0.3 is 0 Å². The summed E-state index contributed by atoms with van der Waals surface area (Å²) in [5.41, 5.74) is 2.94. The Labute approximate surface area is 143 Å². The number of pyridine rings is 1. The first-order valence-corrected chi connectivity index (χ1v) is 8.45. The first-order chi connectivity index (χ1) is 11.7. The normalized spacial score (nSPS) is 15.6. The van der Waals surface area contributed by atoms with Crippen molar-refractivity contribution in [2.75, 3.05) is 23.3 Å². The summed E-state index contributed by atoms with van der Waals surface area (Å²) in [6.45, 7) is 4.54. The third-order valence-corrected chi connectivity index (χ3v) is 4.40. The number of hydrogen-bond acceptors (Lipinski definition) is 3. The van der Waals surface area contributed by atoms with Crippen molar-refractivity contribution >= 4 is 23.4 Å². The van der Waals surface area contributed by atoms with E-state index in [1.54, 1.807) is 18.5 Å². The van der Waals surface area contributed by atoms with Crippen molar-refractivity contribution in [1.29, 1.82) is 0 Å². The molecule has 0 saturated carbocycles. The number of hydrogen-bond donors (Lipinski definition) is 1. The second-order valence-electron chi connectivity index (χ2n) is 6.33. The van der Waals surface area contributed by atoms with Gasteiger partial charge in [-0.1, -0.05) is 13.0 Å². The van der Waals surface area contributed by atoms with Crippen LogP contribution in [0.5, 0.6) is 0 Å². The van der Waals surface area contributed by atoms with E-state index in [0.717, 1.165) is 30.3 Å². The maximum Gasteiger partial charge on any atom is 0.248 e. The highest BCUT2D eigenvalue weighted by Gasteiger charge is 2.15. The highest BCUT2D eigenvalue weighted by molar-refractivity contribution is 6.01. The summed E-state index contributed by atoms with van der Waals surface area (Å²) in [6, 6.07) is 11.8. The maximum absolute atomic E-state index is 12.0. The van der Waals surface area contributed by atoms with Crippen LogP contribution in [0.1, 0.15) is 25.3 Å². The number of rotatable bonds is 4. The van der Waals surface area contributed by atoms with Crippen LogP contribution in [0.25, 0.3) is 6.08 Å². The van der Waals surface area contributed by atoms with E-state index in [1.807, 2.05) is 24.3 Å². The molecular formula is C20H23N3O. The Morgan fingerprint density at radius 1 is 1.21 bits per heavy atom. The molecule has 1 fully saturated rings. The quantitative estimate of drug-likeness (QED) is 0.867. The van der Waals surface area contributed by atoms with Gasteiger partial charge in [0.1, 0.15) is 0 Å².